The molecule has 0 saturated carbocycles. The van der Waals surface area contributed by atoms with Gasteiger partial charge in [0.2, 0.25) is 0 Å². The molecule has 116 valence electrons. The van der Waals surface area contributed by atoms with Gasteiger partial charge in [0.05, 0.1) is 0 Å². The SMILES string of the molecule is Cc1cc(C)nc(NC(=O)N2CCC(c3nccn3C)C2)c1. The molecule has 6 nitrogen and oxygen atoms in total. The molecule has 22 heavy (non-hydrogen) atoms. The van der Waals surface area contributed by atoms with Crippen LogP contribution in [0.3, 0.4) is 0 Å². The summed E-state index contributed by atoms with van der Waals surface area (Å²) in [5.74, 6) is 1.96. The number of hydrogen-bond acceptors (Lipinski definition) is 3. The van der Waals surface area contributed by atoms with Gasteiger partial charge in [-0.1, -0.05) is 0 Å². The number of rotatable bonds is 2. The monoisotopic (exact) mass is 299 g/mol. The van der Waals surface area contributed by atoms with Crippen LogP contribution >= 0.6 is 0 Å². The number of pyridine rings is 1. The van der Waals surface area contributed by atoms with E-state index in [0.29, 0.717) is 18.3 Å². The Morgan fingerprint density at radius 3 is 2.86 bits per heavy atom. The van der Waals surface area contributed by atoms with Crippen LogP contribution in [-0.4, -0.2) is 38.6 Å². The summed E-state index contributed by atoms with van der Waals surface area (Å²) in [6.45, 7) is 5.36. The lowest BCUT2D eigenvalue weighted by atomic mass is 10.1. The van der Waals surface area contributed by atoms with Gasteiger partial charge < -0.3 is 9.47 Å². The lowest BCUT2D eigenvalue weighted by Gasteiger charge is -2.17. The van der Waals surface area contributed by atoms with Gasteiger partial charge in [-0.3, -0.25) is 5.32 Å². The number of likely N-dealkylation sites (tertiary alicyclic amines) is 1. The Bertz CT molecular complexity index is 673. The number of anilines is 1. The predicted octanol–water partition coefficient (Wildman–Crippen LogP) is 2.45. The maximum absolute atomic E-state index is 12.4. The molecule has 0 bridgehead atoms. The van der Waals surface area contributed by atoms with Crippen molar-refractivity contribution in [1.29, 1.82) is 0 Å². The van der Waals surface area contributed by atoms with E-state index >= 15 is 0 Å². The second-order valence-electron chi connectivity index (χ2n) is 5.93. The number of carbonyl (C=O) groups is 1. The number of nitrogens with one attached hydrogen (secondary N) is 1. The van der Waals surface area contributed by atoms with Crippen molar-refractivity contribution in [3.8, 4) is 0 Å². The molecule has 0 aliphatic carbocycles. The number of hydrogen-bond donors (Lipinski definition) is 1. The molecule has 6 heteroatoms. The molecule has 0 aromatic carbocycles. The Morgan fingerprint density at radius 1 is 1.36 bits per heavy atom. The molecule has 3 heterocycles. The van der Waals surface area contributed by atoms with Crippen LogP contribution in [0, 0.1) is 13.8 Å². The van der Waals surface area contributed by atoms with Crippen LogP contribution < -0.4 is 5.32 Å². The Hall–Kier alpha value is -2.37. The summed E-state index contributed by atoms with van der Waals surface area (Å²) in [7, 11) is 1.99. The van der Waals surface area contributed by atoms with Crippen LogP contribution in [0.5, 0.6) is 0 Å². The van der Waals surface area contributed by atoms with E-state index in [0.717, 1.165) is 30.0 Å². The maximum Gasteiger partial charge on any atom is 0.323 e. The van der Waals surface area contributed by atoms with Crippen LogP contribution in [-0.2, 0) is 7.05 Å². The van der Waals surface area contributed by atoms with Crippen molar-refractivity contribution in [3.05, 3.63) is 41.6 Å². The average Bonchev–Trinajstić information content (AvgIpc) is 3.05. The van der Waals surface area contributed by atoms with Crippen molar-refractivity contribution in [2.75, 3.05) is 18.4 Å². The van der Waals surface area contributed by atoms with E-state index in [2.05, 4.69) is 15.3 Å². The molecule has 1 N–H and O–H groups in total. The average molecular weight is 299 g/mol. The number of carbonyl (C=O) groups excluding carboxylic acids is 1. The largest absolute Gasteiger partial charge is 0.338 e. The summed E-state index contributed by atoms with van der Waals surface area (Å²) in [6, 6.07) is 3.79. The fraction of sp³-hybridized carbons (Fsp3) is 0.438. The minimum Gasteiger partial charge on any atom is -0.338 e. The number of nitrogens with zero attached hydrogens (tertiary/aromatic N) is 4. The molecule has 1 unspecified atom stereocenters. The Morgan fingerprint density at radius 2 is 2.18 bits per heavy atom. The third-order valence-corrected chi connectivity index (χ3v) is 4.03. The van der Waals surface area contributed by atoms with E-state index < -0.39 is 0 Å². The zero-order valence-corrected chi connectivity index (χ0v) is 13.2. The molecule has 1 fully saturated rings. The summed E-state index contributed by atoms with van der Waals surface area (Å²) in [5, 5.41) is 2.89. The summed E-state index contributed by atoms with van der Waals surface area (Å²) < 4.78 is 2.03. The van der Waals surface area contributed by atoms with Crippen molar-refractivity contribution in [2.24, 2.45) is 7.05 Å². The molecule has 1 aliphatic heterocycles. The van der Waals surface area contributed by atoms with Crippen LogP contribution in [0.25, 0.3) is 0 Å². The lowest BCUT2D eigenvalue weighted by molar-refractivity contribution is 0.221. The van der Waals surface area contributed by atoms with E-state index in [9.17, 15) is 4.79 Å². The molecule has 2 aromatic heterocycles. The quantitative estimate of drug-likeness (QED) is 0.926. The highest BCUT2D eigenvalue weighted by Crippen LogP contribution is 2.26. The van der Waals surface area contributed by atoms with Crippen LogP contribution in [0.1, 0.15) is 29.4 Å². The van der Waals surface area contributed by atoms with Crippen molar-refractivity contribution in [2.45, 2.75) is 26.2 Å². The van der Waals surface area contributed by atoms with Gasteiger partial charge in [-0.2, -0.15) is 0 Å². The van der Waals surface area contributed by atoms with Gasteiger partial charge in [0.25, 0.3) is 0 Å². The Balaban J connectivity index is 1.65. The lowest BCUT2D eigenvalue weighted by Crippen LogP contribution is -2.33. The third-order valence-electron chi connectivity index (χ3n) is 4.03. The minimum absolute atomic E-state index is 0.0887. The van der Waals surface area contributed by atoms with Gasteiger partial charge in [0.15, 0.2) is 0 Å². The van der Waals surface area contributed by atoms with Crippen molar-refractivity contribution >= 4 is 11.8 Å². The summed E-state index contributed by atoms with van der Waals surface area (Å²) >= 11 is 0. The van der Waals surface area contributed by atoms with Gasteiger partial charge in [-0.15, -0.1) is 0 Å². The van der Waals surface area contributed by atoms with Gasteiger partial charge >= 0.3 is 6.03 Å². The smallest absolute Gasteiger partial charge is 0.323 e. The molecule has 0 radical (unpaired) electrons. The van der Waals surface area contributed by atoms with E-state index in [1.54, 1.807) is 6.20 Å². The number of amides is 2. The summed E-state index contributed by atoms with van der Waals surface area (Å²) in [5.41, 5.74) is 2.00. The van der Waals surface area contributed by atoms with E-state index in [4.69, 9.17) is 0 Å². The molecule has 1 aliphatic rings. The fourth-order valence-electron chi connectivity index (χ4n) is 3.02. The molecular formula is C16H21N5O. The van der Waals surface area contributed by atoms with Gasteiger partial charge in [-0.25, -0.2) is 14.8 Å². The first-order chi connectivity index (χ1) is 10.5. The molecule has 1 saturated heterocycles. The Kier molecular flexibility index (Phi) is 3.83. The molecule has 2 aromatic rings. The standard InChI is InChI=1S/C16H21N5O/c1-11-8-12(2)18-14(9-11)19-16(22)21-6-4-13(10-21)15-17-5-7-20(15)3/h5,7-9,13H,4,6,10H2,1-3H3,(H,18,19,22). The fourth-order valence-corrected chi connectivity index (χ4v) is 3.02. The number of urea groups is 1. The second-order valence-corrected chi connectivity index (χ2v) is 5.93. The van der Waals surface area contributed by atoms with Crippen LogP contribution in [0.4, 0.5) is 10.6 Å². The first-order valence-corrected chi connectivity index (χ1v) is 7.51. The topological polar surface area (TPSA) is 63.1 Å². The highest BCUT2D eigenvalue weighted by Gasteiger charge is 2.29. The van der Waals surface area contributed by atoms with Crippen molar-refractivity contribution in [1.82, 2.24) is 19.4 Å². The number of aromatic nitrogens is 3. The highest BCUT2D eigenvalue weighted by molar-refractivity contribution is 5.88. The van der Waals surface area contributed by atoms with E-state index in [1.807, 2.05) is 48.7 Å². The minimum atomic E-state index is -0.0887. The second kappa shape index (κ2) is 5.79. The van der Waals surface area contributed by atoms with Crippen molar-refractivity contribution in [3.63, 3.8) is 0 Å². The first kappa shape index (κ1) is 14.6. The summed E-state index contributed by atoms with van der Waals surface area (Å²) in [6.07, 6.45) is 4.69. The van der Waals surface area contributed by atoms with Gasteiger partial charge in [0.1, 0.15) is 11.6 Å². The molecular weight excluding hydrogens is 278 g/mol. The zero-order valence-electron chi connectivity index (χ0n) is 13.2. The maximum atomic E-state index is 12.4. The van der Waals surface area contributed by atoms with Gasteiger partial charge in [-0.05, 0) is 38.0 Å². The highest BCUT2D eigenvalue weighted by atomic mass is 16.2. The zero-order chi connectivity index (χ0) is 15.7. The molecule has 1 atom stereocenters. The third kappa shape index (κ3) is 2.95. The Labute approximate surface area is 130 Å². The molecule has 2 amide bonds. The predicted molar refractivity (Wildman–Crippen MR) is 84.9 cm³/mol. The first-order valence-electron chi connectivity index (χ1n) is 7.51. The van der Waals surface area contributed by atoms with Crippen LogP contribution in [0.15, 0.2) is 24.5 Å². The number of aryl methyl sites for hydroxylation is 3. The van der Waals surface area contributed by atoms with Gasteiger partial charge in [0, 0.05) is 44.1 Å². The van der Waals surface area contributed by atoms with E-state index in [1.165, 1.54) is 0 Å². The van der Waals surface area contributed by atoms with Crippen LogP contribution in [0.2, 0.25) is 0 Å². The van der Waals surface area contributed by atoms with Crippen molar-refractivity contribution < 1.29 is 4.79 Å². The summed E-state index contributed by atoms with van der Waals surface area (Å²) in [4.78, 5) is 23.0. The van der Waals surface area contributed by atoms with E-state index in [-0.39, 0.29) is 6.03 Å². The molecule has 3 rings (SSSR count). The molecule has 0 spiro atoms. The number of imidazole rings is 1. The normalized spacial score (nSPS) is 17.8.